The number of alkyl carbamates (subject to hydrolysis) is 1. The van der Waals surface area contributed by atoms with Gasteiger partial charge in [-0.3, -0.25) is 5.32 Å². The molecule has 0 aromatic heterocycles. The number of nitrogens with one attached hydrogen (secondary N) is 2. The molecular formula is C19H40N2O8. The zero-order chi connectivity index (χ0) is 21.8. The van der Waals surface area contributed by atoms with E-state index in [9.17, 15) is 4.79 Å². The van der Waals surface area contributed by atoms with Crippen molar-refractivity contribution in [2.75, 3.05) is 66.1 Å². The predicted octanol–water partition coefficient (Wildman–Crippen LogP) is 0.811. The molecule has 0 aromatic carbocycles. The lowest BCUT2D eigenvalue weighted by molar-refractivity contribution is -0.304. The van der Waals surface area contributed by atoms with E-state index in [0.717, 1.165) is 19.3 Å². The highest BCUT2D eigenvalue weighted by molar-refractivity contribution is 5.66. The first-order valence-electron chi connectivity index (χ1n) is 10.2. The summed E-state index contributed by atoms with van der Waals surface area (Å²) in [4.78, 5) is 21.6. The summed E-state index contributed by atoms with van der Waals surface area (Å²) in [5.74, 6) is 0. The summed E-state index contributed by atoms with van der Waals surface area (Å²) >= 11 is 0. The van der Waals surface area contributed by atoms with Crippen LogP contribution in [0.2, 0.25) is 0 Å². The highest BCUT2D eigenvalue weighted by Crippen LogP contribution is 2.23. The van der Waals surface area contributed by atoms with Gasteiger partial charge in [-0.2, -0.15) is 0 Å². The van der Waals surface area contributed by atoms with Crippen molar-refractivity contribution in [2.45, 2.75) is 46.1 Å². The summed E-state index contributed by atoms with van der Waals surface area (Å²) in [7, 11) is 0. The van der Waals surface area contributed by atoms with Crippen LogP contribution in [0.4, 0.5) is 4.79 Å². The maximum absolute atomic E-state index is 11.5. The SMILES string of the molecule is CC(C)(C)C(CCCCNC(=O)OCCOCCO)NCOOCCOCCO. The van der Waals surface area contributed by atoms with Crippen molar-refractivity contribution in [1.29, 1.82) is 0 Å². The molecule has 0 heterocycles. The standard InChI is InChI=1S/C19H40N2O8/c1-19(2,3)17(21-16-29-28-15-13-26-11-9-23)6-4-5-7-20-18(24)27-14-12-25-10-8-22/h17,21-23H,4-16H2,1-3H3,(H,20,24). The third kappa shape index (κ3) is 18.7. The van der Waals surface area contributed by atoms with Gasteiger partial charge in [0.1, 0.15) is 19.9 Å². The smallest absolute Gasteiger partial charge is 0.407 e. The lowest BCUT2D eigenvalue weighted by Gasteiger charge is -2.31. The van der Waals surface area contributed by atoms with E-state index >= 15 is 0 Å². The van der Waals surface area contributed by atoms with Crippen molar-refractivity contribution < 1.29 is 39.0 Å². The Labute approximate surface area is 174 Å². The minimum atomic E-state index is -0.461. The minimum absolute atomic E-state index is 0.00718. The van der Waals surface area contributed by atoms with Crippen LogP contribution >= 0.6 is 0 Å². The molecule has 10 heteroatoms. The average Bonchev–Trinajstić information content (AvgIpc) is 2.67. The molecule has 0 aliphatic rings. The fourth-order valence-corrected chi connectivity index (χ4v) is 2.41. The van der Waals surface area contributed by atoms with Crippen molar-refractivity contribution in [3.05, 3.63) is 0 Å². The van der Waals surface area contributed by atoms with Gasteiger partial charge in [-0.15, -0.1) is 0 Å². The molecule has 0 rings (SSSR count). The summed E-state index contributed by atoms with van der Waals surface area (Å²) in [5, 5.41) is 23.2. The van der Waals surface area contributed by atoms with Gasteiger partial charge in [0.05, 0.1) is 39.6 Å². The Kier molecular flexibility index (Phi) is 18.3. The molecule has 0 fully saturated rings. The van der Waals surface area contributed by atoms with Gasteiger partial charge in [0.2, 0.25) is 0 Å². The molecule has 1 amide bonds. The van der Waals surface area contributed by atoms with Crippen LogP contribution in [0.1, 0.15) is 40.0 Å². The van der Waals surface area contributed by atoms with Crippen LogP contribution in [0.5, 0.6) is 0 Å². The summed E-state index contributed by atoms with van der Waals surface area (Å²) in [5.41, 5.74) is 0.0501. The minimum Gasteiger partial charge on any atom is -0.447 e. The van der Waals surface area contributed by atoms with Gasteiger partial charge in [-0.05, 0) is 18.3 Å². The number of hydrogen-bond acceptors (Lipinski definition) is 9. The van der Waals surface area contributed by atoms with Gasteiger partial charge in [0.15, 0.2) is 0 Å². The van der Waals surface area contributed by atoms with E-state index in [1.165, 1.54) is 0 Å². The van der Waals surface area contributed by atoms with Gasteiger partial charge in [-0.1, -0.05) is 27.2 Å². The molecular weight excluding hydrogens is 384 g/mol. The molecule has 0 aliphatic heterocycles. The Morgan fingerprint density at radius 2 is 1.55 bits per heavy atom. The van der Waals surface area contributed by atoms with Crippen LogP contribution in [0.25, 0.3) is 0 Å². The van der Waals surface area contributed by atoms with E-state index in [-0.39, 0.29) is 51.2 Å². The fraction of sp³-hybridized carbons (Fsp3) is 0.947. The van der Waals surface area contributed by atoms with Crippen molar-refractivity contribution in [3.8, 4) is 0 Å². The number of aliphatic hydroxyl groups is 2. The van der Waals surface area contributed by atoms with Crippen LogP contribution in [0.15, 0.2) is 0 Å². The quantitative estimate of drug-likeness (QED) is 0.103. The number of rotatable bonds is 19. The van der Waals surface area contributed by atoms with Crippen molar-refractivity contribution >= 4 is 6.09 Å². The topological polar surface area (TPSA) is 128 Å². The van der Waals surface area contributed by atoms with Crippen LogP contribution in [-0.4, -0.2) is 88.5 Å². The maximum Gasteiger partial charge on any atom is 0.407 e. The largest absolute Gasteiger partial charge is 0.447 e. The van der Waals surface area contributed by atoms with Crippen molar-refractivity contribution in [1.82, 2.24) is 10.6 Å². The van der Waals surface area contributed by atoms with E-state index in [0.29, 0.717) is 26.4 Å². The number of unbranched alkanes of at least 4 members (excludes halogenated alkanes) is 1. The number of carbonyl (C=O) groups excluding carboxylic acids is 1. The molecule has 0 saturated carbocycles. The predicted molar refractivity (Wildman–Crippen MR) is 107 cm³/mol. The highest BCUT2D eigenvalue weighted by Gasteiger charge is 2.23. The summed E-state index contributed by atoms with van der Waals surface area (Å²) in [6.45, 7) is 8.86. The van der Waals surface area contributed by atoms with Crippen molar-refractivity contribution in [3.63, 3.8) is 0 Å². The molecule has 0 spiro atoms. The molecule has 4 N–H and O–H groups in total. The Bertz CT molecular complexity index is 380. The van der Waals surface area contributed by atoms with Crippen LogP contribution in [-0.2, 0) is 24.0 Å². The molecule has 1 atom stereocenters. The van der Waals surface area contributed by atoms with Gasteiger partial charge < -0.3 is 29.7 Å². The van der Waals surface area contributed by atoms with Gasteiger partial charge in [-0.25, -0.2) is 14.6 Å². The number of carbonyl (C=O) groups is 1. The first-order valence-corrected chi connectivity index (χ1v) is 10.2. The van der Waals surface area contributed by atoms with Crippen LogP contribution in [0.3, 0.4) is 0 Å². The maximum atomic E-state index is 11.5. The van der Waals surface area contributed by atoms with Crippen LogP contribution < -0.4 is 10.6 Å². The zero-order valence-corrected chi connectivity index (χ0v) is 18.1. The molecule has 29 heavy (non-hydrogen) atoms. The second-order valence-electron chi connectivity index (χ2n) is 7.44. The average molecular weight is 425 g/mol. The van der Waals surface area contributed by atoms with E-state index in [1.54, 1.807) is 0 Å². The number of aliphatic hydroxyl groups excluding tert-OH is 2. The number of hydrogen-bond donors (Lipinski definition) is 4. The van der Waals surface area contributed by atoms with Crippen LogP contribution in [0, 0.1) is 5.41 Å². The zero-order valence-electron chi connectivity index (χ0n) is 18.1. The summed E-state index contributed by atoms with van der Waals surface area (Å²) in [6.07, 6.45) is 2.24. The Balaban J connectivity index is 3.75. The van der Waals surface area contributed by atoms with Gasteiger partial charge >= 0.3 is 6.09 Å². The second kappa shape index (κ2) is 19.0. The van der Waals surface area contributed by atoms with E-state index < -0.39 is 6.09 Å². The summed E-state index contributed by atoms with van der Waals surface area (Å²) in [6, 6.07) is 0.229. The Hall–Kier alpha value is -1.01. The highest BCUT2D eigenvalue weighted by atomic mass is 17.2. The van der Waals surface area contributed by atoms with Gasteiger partial charge in [0.25, 0.3) is 0 Å². The normalized spacial score (nSPS) is 12.7. The van der Waals surface area contributed by atoms with Gasteiger partial charge in [0, 0.05) is 12.6 Å². The first kappa shape index (κ1) is 28.0. The summed E-state index contributed by atoms with van der Waals surface area (Å²) < 4.78 is 15.0. The molecule has 0 aromatic rings. The number of amides is 1. The first-order chi connectivity index (χ1) is 13.9. The van der Waals surface area contributed by atoms with E-state index in [2.05, 4.69) is 31.4 Å². The molecule has 0 aliphatic carbocycles. The molecule has 10 nitrogen and oxygen atoms in total. The molecule has 1 unspecified atom stereocenters. The lowest BCUT2D eigenvalue weighted by atomic mass is 9.84. The second-order valence-corrected chi connectivity index (χ2v) is 7.44. The van der Waals surface area contributed by atoms with Crippen molar-refractivity contribution in [2.24, 2.45) is 5.41 Å². The Morgan fingerprint density at radius 3 is 2.17 bits per heavy atom. The Morgan fingerprint density at radius 1 is 0.897 bits per heavy atom. The fourth-order valence-electron chi connectivity index (χ4n) is 2.41. The van der Waals surface area contributed by atoms with E-state index in [1.807, 2.05) is 0 Å². The third-order valence-electron chi connectivity index (χ3n) is 3.95. The molecule has 0 bridgehead atoms. The van der Waals surface area contributed by atoms with E-state index in [4.69, 9.17) is 34.2 Å². The third-order valence-corrected chi connectivity index (χ3v) is 3.95. The molecule has 0 radical (unpaired) electrons. The monoisotopic (exact) mass is 424 g/mol. The molecule has 0 saturated heterocycles. The molecule has 174 valence electrons. The lowest BCUT2D eigenvalue weighted by Crippen LogP contribution is -2.41. The number of ether oxygens (including phenoxy) is 3.